The van der Waals surface area contributed by atoms with Crippen LogP contribution in [0.1, 0.15) is 22.3 Å². The van der Waals surface area contributed by atoms with E-state index in [4.69, 9.17) is 4.42 Å². The van der Waals surface area contributed by atoms with Crippen molar-refractivity contribution in [1.82, 2.24) is 10.3 Å². The molecule has 0 aliphatic heterocycles. The van der Waals surface area contributed by atoms with Gasteiger partial charge in [0, 0.05) is 29.8 Å². The average Bonchev–Trinajstić information content (AvgIpc) is 3.18. The van der Waals surface area contributed by atoms with Crippen LogP contribution in [-0.2, 0) is 4.79 Å². The Labute approximate surface area is 173 Å². The quantitative estimate of drug-likeness (QED) is 0.498. The molecule has 0 spiro atoms. The monoisotopic (exact) mass is 399 g/mol. The van der Waals surface area contributed by atoms with E-state index >= 15 is 0 Å². The first-order chi connectivity index (χ1) is 14.6. The summed E-state index contributed by atoms with van der Waals surface area (Å²) >= 11 is 0. The highest BCUT2D eigenvalue weighted by Gasteiger charge is 2.09. The summed E-state index contributed by atoms with van der Waals surface area (Å²) in [7, 11) is 0. The first kappa shape index (κ1) is 19.4. The van der Waals surface area contributed by atoms with E-state index in [1.165, 1.54) is 0 Å². The number of benzene rings is 3. The molecule has 6 heteroatoms. The predicted molar refractivity (Wildman–Crippen MR) is 116 cm³/mol. The van der Waals surface area contributed by atoms with E-state index in [0.29, 0.717) is 17.1 Å². The van der Waals surface area contributed by atoms with Crippen LogP contribution in [0.4, 0.5) is 5.69 Å². The second-order valence-electron chi connectivity index (χ2n) is 6.99. The van der Waals surface area contributed by atoms with E-state index < -0.39 is 0 Å². The second kappa shape index (κ2) is 8.61. The minimum atomic E-state index is -0.186. The molecule has 2 amide bonds. The Balaban J connectivity index is 1.30. The van der Waals surface area contributed by atoms with Gasteiger partial charge in [0.1, 0.15) is 5.52 Å². The summed E-state index contributed by atoms with van der Waals surface area (Å²) in [4.78, 5) is 28.7. The number of anilines is 1. The third-order valence-corrected chi connectivity index (χ3v) is 4.63. The van der Waals surface area contributed by atoms with E-state index in [2.05, 4.69) is 15.6 Å². The lowest BCUT2D eigenvalue weighted by Crippen LogP contribution is -2.27. The normalized spacial score (nSPS) is 10.7. The predicted octanol–water partition coefficient (Wildman–Crippen LogP) is 4.56. The summed E-state index contributed by atoms with van der Waals surface area (Å²) < 4.78 is 5.76. The number of carbonyl (C=O) groups is 2. The Morgan fingerprint density at radius 1 is 0.967 bits per heavy atom. The van der Waals surface area contributed by atoms with Crippen LogP contribution in [0.25, 0.3) is 22.6 Å². The molecular formula is C24H21N3O3. The molecule has 6 nitrogen and oxygen atoms in total. The number of oxazole rings is 1. The summed E-state index contributed by atoms with van der Waals surface area (Å²) in [5, 5.41) is 5.59. The highest BCUT2D eigenvalue weighted by atomic mass is 16.3. The van der Waals surface area contributed by atoms with Crippen LogP contribution in [0.3, 0.4) is 0 Å². The zero-order valence-electron chi connectivity index (χ0n) is 16.5. The maximum absolute atomic E-state index is 12.2. The fourth-order valence-electron chi connectivity index (χ4n) is 3.09. The molecular weight excluding hydrogens is 378 g/mol. The Hall–Kier alpha value is -3.93. The van der Waals surface area contributed by atoms with Crippen LogP contribution in [0.15, 0.2) is 77.2 Å². The van der Waals surface area contributed by atoms with Crippen molar-refractivity contribution in [2.75, 3.05) is 11.9 Å². The van der Waals surface area contributed by atoms with Crippen molar-refractivity contribution in [1.29, 1.82) is 0 Å². The van der Waals surface area contributed by atoms with E-state index in [9.17, 15) is 9.59 Å². The van der Waals surface area contributed by atoms with Gasteiger partial charge in [0.25, 0.3) is 5.91 Å². The van der Waals surface area contributed by atoms with Crippen molar-refractivity contribution >= 4 is 28.6 Å². The molecule has 0 unspecified atom stereocenters. The summed E-state index contributed by atoms with van der Waals surface area (Å²) in [6, 6.07) is 22.2. The van der Waals surface area contributed by atoms with Gasteiger partial charge in [-0.2, -0.15) is 0 Å². The third kappa shape index (κ3) is 4.55. The summed E-state index contributed by atoms with van der Waals surface area (Å²) in [6.45, 7) is 2.19. The Morgan fingerprint density at radius 2 is 1.77 bits per heavy atom. The van der Waals surface area contributed by atoms with E-state index in [1.807, 2.05) is 61.5 Å². The van der Waals surface area contributed by atoms with Crippen molar-refractivity contribution < 1.29 is 14.0 Å². The number of nitrogens with one attached hydrogen (secondary N) is 2. The van der Waals surface area contributed by atoms with Gasteiger partial charge in [0.05, 0.1) is 0 Å². The molecule has 4 aromatic rings. The number of rotatable bonds is 6. The number of carbonyl (C=O) groups excluding carboxylic acids is 2. The molecule has 30 heavy (non-hydrogen) atoms. The van der Waals surface area contributed by atoms with Crippen LogP contribution in [0.2, 0.25) is 0 Å². The largest absolute Gasteiger partial charge is 0.436 e. The average molecular weight is 399 g/mol. The molecule has 0 radical (unpaired) electrons. The Bertz CT molecular complexity index is 1160. The molecule has 0 aliphatic carbocycles. The number of aromatic nitrogens is 1. The van der Waals surface area contributed by atoms with Gasteiger partial charge in [-0.1, -0.05) is 29.8 Å². The van der Waals surface area contributed by atoms with Crippen LogP contribution < -0.4 is 10.6 Å². The third-order valence-electron chi connectivity index (χ3n) is 4.63. The number of fused-ring (bicyclic) bond motifs is 1. The molecule has 4 rings (SSSR count). The summed E-state index contributed by atoms with van der Waals surface area (Å²) in [5.41, 5.74) is 4.64. The van der Waals surface area contributed by atoms with Gasteiger partial charge in [-0.05, 0) is 55.5 Å². The minimum absolute atomic E-state index is 0.172. The van der Waals surface area contributed by atoms with Gasteiger partial charge in [-0.15, -0.1) is 0 Å². The first-order valence-electron chi connectivity index (χ1n) is 9.69. The maximum Gasteiger partial charge on any atom is 0.251 e. The SMILES string of the molecule is Cc1cccc(C(=O)NCCC(=O)Nc2ccc(-c3nc4ccccc4o3)cc2)c1. The van der Waals surface area contributed by atoms with Crippen LogP contribution in [-0.4, -0.2) is 23.3 Å². The number of hydrogen-bond acceptors (Lipinski definition) is 4. The van der Waals surface area contributed by atoms with E-state index in [-0.39, 0.29) is 24.8 Å². The zero-order valence-corrected chi connectivity index (χ0v) is 16.5. The molecule has 1 heterocycles. The number of amides is 2. The maximum atomic E-state index is 12.2. The lowest BCUT2D eigenvalue weighted by Gasteiger charge is -2.07. The lowest BCUT2D eigenvalue weighted by atomic mass is 10.1. The van der Waals surface area contributed by atoms with Crippen molar-refractivity contribution in [3.63, 3.8) is 0 Å². The molecule has 0 saturated carbocycles. The van der Waals surface area contributed by atoms with Crippen molar-refractivity contribution in [2.24, 2.45) is 0 Å². The molecule has 1 aromatic heterocycles. The van der Waals surface area contributed by atoms with Gasteiger partial charge in [0.15, 0.2) is 5.58 Å². The molecule has 0 saturated heterocycles. The molecule has 0 atom stereocenters. The Morgan fingerprint density at radius 3 is 2.53 bits per heavy atom. The second-order valence-corrected chi connectivity index (χ2v) is 6.99. The summed E-state index contributed by atoms with van der Waals surface area (Å²) in [5.74, 6) is 0.177. The van der Waals surface area contributed by atoms with E-state index in [1.54, 1.807) is 18.2 Å². The van der Waals surface area contributed by atoms with E-state index in [0.717, 1.165) is 22.2 Å². The number of hydrogen-bond donors (Lipinski definition) is 2. The fourth-order valence-corrected chi connectivity index (χ4v) is 3.09. The number of para-hydroxylation sites is 2. The lowest BCUT2D eigenvalue weighted by molar-refractivity contribution is -0.116. The summed E-state index contributed by atoms with van der Waals surface area (Å²) in [6.07, 6.45) is 0.185. The smallest absolute Gasteiger partial charge is 0.251 e. The highest BCUT2D eigenvalue weighted by Crippen LogP contribution is 2.25. The Kier molecular flexibility index (Phi) is 5.57. The molecule has 3 aromatic carbocycles. The topological polar surface area (TPSA) is 84.2 Å². The number of nitrogens with zero attached hydrogens (tertiary/aromatic N) is 1. The fraction of sp³-hybridized carbons (Fsp3) is 0.125. The molecule has 2 N–H and O–H groups in total. The minimum Gasteiger partial charge on any atom is -0.436 e. The highest BCUT2D eigenvalue weighted by molar-refractivity contribution is 5.95. The van der Waals surface area contributed by atoms with Crippen molar-refractivity contribution in [3.8, 4) is 11.5 Å². The molecule has 0 bridgehead atoms. The zero-order chi connectivity index (χ0) is 20.9. The van der Waals surface area contributed by atoms with Gasteiger partial charge in [0.2, 0.25) is 11.8 Å². The van der Waals surface area contributed by atoms with Gasteiger partial charge in [-0.25, -0.2) is 4.98 Å². The van der Waals surface area contributed by atoms with Crippen LogP contribution in [0.5, 0.6) is 0 Å². The van der Waals surface area contributed by atoms with Crippen molar-refractivity contribution in [3.05, 3.63) is 83.9 Å². The van der Waals surface area contributed by atoms with Gasteiger partial charge in [-0.3, -0.25) is 9.59 Å². The van der Waals surface area contributed by atoms with Gasteiger partial charge >= 0.3 is 0 Å². The van der Waals surface area contributed by atoms with Gasteiger partial charge < -0.3 is 15.1 Å². The first-order valence-corrected chi connectivity index (χ1v) is 9.69. The molecule has 150 valence electrons. The van der Waals surface area contributed by atoms with Crippen LogP contribution >= 0.6 is 0 Å². The standard InChI is InChI=1S/C24H21N3O3/c1-16-5-4-6-18(15-16)23(29)25-14-13-22(28)26-19-11-9-17(10-12-19)24-27-20-7-2-3-8-21(20)30-24/h2-12,15H,13-14H2,1H3,(H,25,29)(H,26,28). The molecule has 0 aliphatic rings. The number of aryl methyl sites for hydroxylation is 1. The van der Waals surface area contributed by atoms with Crippen LogP contribution in [0, 0.1) is 6.92 Å². The molecule has 0 fully saturated rings. The van der Waals surface area contributed by atoms with Crippen molar-refractivity contribution in [2.45, 2.75) is 13.3 Å².